The van der Waals surface area contributed by atoms with Gasteiger partial charge in [0, 0.05) is 6.08 Å². The van der Waals surface area contributed by atoms with Gasteiger partial charge in [-0.15, -0.1) is 4.40 Å². The quantitative estimate of drug-likeness (QED) is 0.513. The first-order valence-corrected chi connectivity index (χ1v) is 4.54. The van der Waals surface area contributed by atoms with Crippen LogP contribution in [0.15, 0.2) is 34.0 Å². The van der Waals surface area contributed by atoms with E-state index in [1.54, 1.807) is 12.2 Å². The molecule has 0 spiro atoms. The Morgan fingerprint density at radius 3 is 3.17 bits per heavy atom. The predicted molar refractivity (Wildman–Crippen MR) is 42.5 cm³/mol. The highest BCUT2D eigenvalue weighted by Crippen LogP contribution is 2.19. The second-order valence-corrected chi connectivity index (χ2v) is 3.44. The lowest BCUT2D eigenvalue weighted by Gasteiger charge is -2.05. The molecule has 2 aliphatic rings. The Kier molecular flexibility index (Phi) is 1.36. The highest BCUT2D eigenvalue weighted by molar-refractivity contribution is 7.85. The van der Waals surface area contributed by atoms with E-state index in [9.17, 15) is 8.42 Å². The van der Waals surface area contributed by atoms with E-state index >= 15 is 0 Å². The molecule has 2 rings (SSSR count). The molecule has 0 bridgehead atoms. The summed E-state index contributed by atoms with van der Waals surface area (Å²) >= 11 is 0. The van der Waals surface area contributed by atoms with E-state index < -0.39 is 10.3 Å². The van der Waals surface area contributed by atoms with Crippen molar-refractivity contribution in [3.05, 3.63) is 35.6 Å². The van der Waals surface area contributed by atoms with Crippen molar-refractivity contribution in [1.82, 2.24) is 0 Å². The summed E-state index contributed by atoms with van der Waals surface area (Å²) in [6, 6.07) is 0. The predicted octanol–water partition coefficient (Wildman–Crippen LogP) is 0.515. The van der Waals surface area contributed by atoms with Crippen LogP contribution < -0.4 is 0 Å². The monoisotopic (exact) mass is 182 g/mol. The van der Waals surface area contributed by atoms with Crippen LogP contribution in [0.5, 0.6) is 0 Å². The van der Waals surface area contributed by atoms with Gasteiger partial charge in [0.1, 0.15) is 18.4 Å². The van der Waals surface area contributed by atoms with Crippen LogP contribution in [0.3, 0.4) is 0 Å². The van der Waals surface area contributed by atoms with Crippen LogP contribution in [0.1, 0.15) is 0 Å². The van der Waals surface area contributed by atoms with Crippen molar-refractivity contribution in [3.8, 4) is 0 Å². The van der Waals surface area contributed by atoms with Crippen molar-refractivity contribution in [2.45, 2.75) is 0 Å². The fraction of sp³-hybridized carbons (Fsp3) is 0. The number of nitrogens with zero attached hydrogens (tertiary/aromatic N) is 1. The zero-order valence-corrected chi connectivity index (χ0v) is 6.71. The third-order valence-electron chi connectivity index (χ3n) is 1.37. The van der Waals surface area contributed by atoms with Gasteiger partial charge in [-0.3, -0.25) is 0 Å². The number of hydrogen-bond donors (Lipinski definition) is 0. The van der Waals surface area contributed by atoms with Gasteiger partial charge in [-0.1, -0.05) is 0 Å². The Morgan fingerprint density at radius 2 is 2.33 bits per heavy atom. The average Bonchev–Trinajstić information content (AvgIpc) is 2.02. The summed E-state index contributed by atoms with van der Waals surface area (Å²) in [7, 11) is -3.74. The number of rotatable bonds is 0. The maximum Gasteiger partial charge on any atom is 0.431 e. The second-order valence-electron chi connectivity index (χ2n) is 2.21. The largest absolute Gasteiger partial charge is 0.431 e. The maximum absolute atomic E-state index is 10.8. The van der Waals surface area contributed by atoms with Gasteiger partial charge in [0.15, 0.2) is 5.57 Å². The smallest absolute Gasteiger partial charge is 0.337 e. The molecule has 0 saturated heterocycles. The molecule has 0 unspecified atom stereocenters. The van der Waals surface area contributed by atoms with Crippen molar-refractivity contribution in [2.75, 3.05) is 0 Å². The first-order valence-electron chi connectivity index (χ1n) is 3.17. The minimum Gasteiger partial charge on any atom is -0.337 e. The fourth-order valence-corrected chi connectivity index (χ4v) is 1.53. The summed E-state index contributed by atoms with van der Waals surface area (Å²) in [5, 5.41) is 0. The SMILES string of the molecule is O=S1(=O)N=CC2=C(C=C[C+]=C2)O1. The molecule has 0 aromatic heterocycles. The van der Waals surface area contributed by atoms with E-state index in [0.717, 1.165) is 0 Å². The van der Waals surface area contributed by atoms with Gasteiger partial charge in [0.2, 0.25) is 0 Å². The van der Waals surface area contributed by atoms with Crippen molar-refractivity contribution >= 4 is 16.5 Å². The Labute approximate surface area is 69.8 Å². The molecule has 0 aromatic carbocycles. The molecule has 0 aromatic rings. The van der Waals surface area contributed by atoms with Crippen molar-refractivity contribution in [1.29, 1.82) is 0 Å². The van der Waals surface area contributed by atoms with Crippen molar-refractivity contribution < 1.29 is 12.6 Å². The maximum atomic E-state index is 10.8. The number of allylic oxidation sites excluding steroid dienone is 5. The van der Waals surface area contributed by atoms with E-state index in [1.165, 1.54) is 12.3 Å². The highest BCUT2D eigenvalue weighted by Gasteiger charge is 2.25. The summed E-state index contributed by atoms with van der Waals surface area (Å²) < 4.78 is 29.3. The van der Waals surface area contributed by atoms with Gasteiger partial charge >= 0.3 is 10.3 Å². The van der Waals surface area contributed by atoms with Crippen molar-refractivity contribution in [2.24, 2.45) is 4.40 Å². The lowest BCUT2D eigenvalue weighted by Crippen LogP contribution is -2.10. The van der Waals surface area contributed by atoms with Crippen LogP contribution in [0, 0.1) is 6.08 Å². The van der Waals surface area contributed by atoms with Gasteiger partial charge in [-0.25, -0.2) is 0 Å². The van der Waals surface area contributed by atoms with E-state index in [0.29, 0.717) is 11.3 Å². The highest BCUT2D eigenvalue weighted by atomic mass is 32.2. The van der Waals surface area contributed by atoms with Crippen LogP contribution in [-0.2, 0) is 14.5 Å². The molecular formula is C7H4NO3S+. The summed E-state index contributed by atoms with van der Waals surface area (Å²) in [5.74, 6) is 0.295. The van der Waals surface area contributed by atoms with Gasteiger partial charge in [0.25, 0.3) is 5.76 Å². The third kappa shape index (κ3) is 1.15. The van der Waals surface area contributed by atoms with Crippen LogP contribution in [0.2, 0.25) is 0 Å². The number of hydrogen-bond acceptors (Lipinski definition) is 3. The normalized spacial score (nSPS) is 23.0. The summed E-state index contributed by atoms with van der Waals surface area (Å²) in [4.78, 5) is 0. The Balaban J connectivity index is 2.51. The Hall–Kier alpha value is -1.45. The molecule has 1 heterocycles. The third-order valence-corrected chi connectivity index (χ3v) is 2.12. The molecule has 1 aliphatic carbocycles. The lowest BCUT2D eigenvalue weighted by atomic mass is 10.1. The van der Waals surface area contributed by atoms with E-state index in [4.69, 9.17) is 0 Å². The van der Waals surface area contributed by atoms with Crippen LogP contribution >= 0.6 is 0 Å². The second kappa shape index (κ2) is 2.27. The molecule has 0 amide bonds. The summed E-state index contributed by atoms with van der Waals surface area (Å²) in [5.41, 5.74) is 0.618. The first-order chi connectivity index (χ1) is 5.67. The van der Waals surface area contributed by atoms with Gasteiger partial charge in [-0.05, 0) is 0 Å². The molecule has 0 N–H and O–H groups in total. The fourth-order valence-electron chi connectivity index (χ4n) is 0.862. The molecule has 0 atom stereocenters. The molecule has 0 saturated carbocycles. The molecular weight excluding hydrogens is 178 g/mol. The zero-order chi connectivity index (χ0) is 8.60. The van der Waals surface area contributed by atoms with Gasteiger partial charge in [0.05, 0.1) is 6.08 Å². The summed E-state index contributed by atoms with van der Waals surface area (Å²) in [6.45, 7) is 0. The standard InChI is InChI=1S/C7H4NO3S/c9-12(10)8-5-6-3-1-2-4-7(6)11-12/h2-5H/q+1. The van der Waals surface area contributed by atoms with Gasteiger partial charge in [-0.2, -0.15) is 8.42 Å². The molecule has 1 aliphatic heterocycles. The Bertz CT molecular complexity index is 426. The van der Waals surface area contributed by atoms with Crippen LogP contribution in [0.25, 0.3) is 0 Å². The van der Waals surface area contributed by atoms with E-state index in [-0.39, 0.29) is 0 Å². The average molecular weight is 182 g/mol. The summed E-state index contributed by atoms with van der Waals surface area (Å²) in [6.07, 6.45) is 8.73. The van der Waals surface area contributed by atoms with Gasteiger partial charge < -0.3 is 4.18 Å². The van der Waals surface area contributed by atoms with E-state index in [2.05, 4.69) is 14.7 Å². The lowest BCUT2D eigenvalue weighted by molar-refractivity contribution is 0.417. The molecule has 4 nitrogen and oxygen atoms in total. The molecule has 0 fully saturated rings. The molecule has 5 heteroatoms. The minimum absolute atomic E-state index is 0.295. The first kappa shape index (κ1) is 7.21. The van der Waals surface area contributed by atoms with Crippen LogP contribution in [-0.4, -0.2) is 14.6 Å². The Morgan fingerprint density at radius 1 is 1.50 bits per heavy atom. The molecule has 0 radical (unpaired) electrons. The zero-order valence-electron chi connectivity index (χ0n) is 5.89. The molecule has 12 heavy (non-hydrogen) atoms. The van der Waals surface area contributed by atoms with E-state index in [1.807, 2.05) is 0 Å². The minimum atomic E-state index is -3.74. The van der Waals surface area contributed by atoms with Crippen LogP contribution in [0.4, 0.5) is 0 Å². The van der Waals surface area contributed by atoms with Crippen molar-refractivity contribution in [3.63, 3.8) is 0 Å². The topological polar surface area (TPSA) is 55.7 Å². The molecule has 60 valence electrons.